The van der Waals surface area contributed by atoms with Gasteiger partial charge in [0.1, 0.15) is 5.82 Å². The van der Waals surface area contributed by atoms with Crippen molar-refractivity contribution in [3.8, 4) is 0 Å². The van der Waals surface area contributed by atoms with Gasteiger partial charge in [-0.25, -0.2) is 4.98 Å². The summed E-state index contributed by atoms with van der Waals surface area (Å²) in [4.78, 5) is 6.86. The lowest BCUT2D eigenvalue weighted by molar-refractivity contribution is 0.0874. The molecule has 0 spiro atoms. The molecular weight excluding hydrogens is 226 g/mol. The summed E-state index contributed by atoms with van der Waals surface area (Å²) in [6.07, 6.45) is 4.39. The summed E-state index contributed by atoms with van der Waals surface area (Å²) in [5.41, 5.74) is 1.28. The van der Waals surface area contributed by atoms with Gasteiger partial charge in [0.15, 0.2) is 0 Å². The third kappa shape index (κ3) is 3.43. The minimum absolute atomic E-state index is 0.679. The van der Waals surface area contributed by atoms with Gasteiger partial charge in [-0.3, -0.25) is 4.90 Å². The number of likely N-dealkylation sites (tertiary alicyclic amines) is 1. The van der Waals surface area contributed by atoms with Gasteiger partial charge < -0.3 is 10.1 Å². The highest BCUT2D eigenvalue weighted by Crippen LogP contribution is 2.20. The first-order valence-corrected chi connectivity index (χ1v) is 6.66. The largest absolute Gasteiger partial charge is 0.384 e. The molecule has 1 saturated heterocycles. The van der Waals surface area contributed by atoms with Gasteiger partial charge in [-0.15, -0.1) is 0 Å². The van der Waals surface area contributed by atoms with Crippen LogP contribution in [0.1, 0.15) is 18.4 Å². The molecule has 100 valence electrons. The number of piperidine rings is 1. The van der Waals surface area contributed by atoms with E-state index in [1.165, 1.54) is 24.9 Å². The number of methoxy groups -OCH3 is 1. The van der Waals surface area contributed by atoms with Gasteiger partial charge in [-0.2, -0.15) is 0 Å². The van der Waals surface area contributed by atoms with E-state index in [0.29, 0.717) is 5.92 Å². The number of hydrogen-bond donors (Lipinski definition) is 1. The van der Waals surface area contributed by atoms with E-state index in [-0.39, 0.29) is 0 Å². The second-order valence-electron chi connectivity index (χ2n) is 4.96. The SMILES string of the molecule is CNc1ncccc1CN1CCCC(COC)C1. The first-order chi connectivity index (χ1) is 8.83. The third-order valence-electron chi connectivity index (χ3n) is 3.53. The van der Waals surface area contributed by atoms with Gasteiger partial charge >= 0.3 is 0 Å². The second kappa shape index (κ2) is 6.71. The van der Waals surface area contributed by atoms with E-state index in [1.54, 1.807) is 7.11 Å². The molecule has 0 aromatic carbocycles. The molecule has 1 unspecified atom stereocenters. The maximum absolute atomic E-state index is 5.27. The predicted octanol–water partition coefficient (Wildman–Crippen LogP) is 1.98. The van der Waals surface area contributed by atoms with Crippen molar-refractivity contribution in [3.63, 3.8) is 0 Å². The van der Waals surface area contributed by atoms with E-state index in [2.05, 4.69) is 21.3 Å². The fourth-order valence-electron chi connectivity index (χ4n) is 2.70. The molecule has 0 bridgehead atoms. The smallest absolute Gasteiger partial charge is 0.130 e. The Bertz CT molecular complexity index is 368. The van der Waals surface area contributed by atoms with Crippen LogP contribution in [0.5, 0.6) is 0 Å². The summed E-state index contributed by atoms with van der Waals surface area (Å²) in [7, 11) is 3.72. The van der Waals surface area contributed by atoms with Crippen molar-refractivity contribution >= 4 is 5.82 Å². The van der Waals surface area contributed by atoms with Crippen LogP contribution in [0.4, 0.5) is 5.82 Å². The van der Waals surface area contributed by atoms with Crippen LogP contribution in [0.15, 0.2) is 18.3 Å². The summed E-state index contributed by atoms with van der Waals surface area (Å²) in [5.74, 6) is 1.67. The van der Waals surface area contributed by atoms with Gasteiger partial charge in [-0.1, -0.05) is 6.07 Å². The molecule has 0 saturated carbocycles. The van der Waals surface area contributed by atoms with E-state index >= 15 is 0 Å². The molecule has 4 nitrogen and oxygen atoms in total. The molecule has 0 radical (unpaired) electrons. The Hall–Kier alpha value is -1.13. The van der Waals surface area contributed by atoms with E-state index in [1.807, 2.05) is 19.3 Å². The molecule has 2 heterocycles. The topological polar surface area (TPSA) is 37.4 Å². The van der Waals surface area contributed by atoms with Crippen LogP contribution >= 0.6 is 0 Å². The van der Waals surface area contributed by atoms with E-state index < -0.39 is 0 Å². The molecule has 1 aliphatic heterocycles. The van der Waals surface area contributed by atoms with Crippen LogP contribution in [-0.4, -0.2) is 43.7 Å². The number of rotatable bonds is 5. The van der Waals surface area contributed by atoms with Crippen molar-refractivity contribution in [2.45, 2.75) is 19.4 Å². The first-order valence-electron chi connectivity index (χ1n) is 6.66. The maximum Gasteiger partial charge on any atom is 0.130 e. The summed E-state index contributed by atoms with van der Waals surface area (Å²) < 4.78 is 5.27. The van der Waals surface area contributed by atoms with E-state index in [4.69, 9.17) is 4.74 Å². The fraction of sp³-hybridized carbons (Fsp3) is 0.643. The molecule has 1 atom stereocenters. The Morgan fingerprint density at radius 1 is 1.56 bits per heavy atom. The van der Waals surface area contributed by atoms with Gasteiger partial charge in [0, 0.05) is 39.0 Å². The number of pyridine rings is 1. The van der Waals surface area contributed by atoms with Crippen molar-refractivity contribution in [1.82, 2.24) is 9.88 Å². The number of ether oxygens (including phenoxy) is 1. The van der Waals surface area contributed by atoms with Crippen molar-refractivity contribution < 1.29 is 4.74 Å². The Morgan fingerprint density at radius 3 is 3.22 bits per heavy atom. The molecule has 2 rings (SSSR count). The molecule has 1 fully saturated rings. The number of anilines is 1. The average Bonchev–Trinajstić information content (AvgIpc) is 2.40. The number of nitrogens with zero attached hydrogens (tertiary/aromatic N) is 2. The Balaban J connectivity index is 1.96. The molecule has 1 N–H and O–H groups in total. The predicted molar refractivity (Wildman–Crippen MR) is 73.7 cm³/mol. The quantitative estimate of drug-likeness (QED) is 0.866. The van der Waals surface area contributed by atoms with Crippen molar-refractivity contribution in [3.05, 3.63) is 23.9 Å². The molecule has 4 heteroatoms. The number of hydrogen-bond acceptors (Lipinski definition) is 4. The van der Waals surface area contributed by atoms with Gasteiger partial charge in [-0.05, 0) is 31.4 Å². The van der Waals surface area contributed by atoms with Gasteiger partial charge in [0.05, 0.1) is 6.61 Å². The average molecular weight is 249 g/mol. The standard InChI is InChI=1S/C14H23N3O/c1-15-14-13(6-3-7-16-14)10-17-8-4-5-12(9-17)11-18-2/h3,6-7,12H,4-5,8-11H2,1-2H3,(H,15,16). The van der Waals surface area contributed by atoms with Crippen molar-refractivity contribution in [2.75, 3.05) is 39.2 Å². The number of nitrogens with one attached hydrogen (secondary N) is 1. The van der Waals surface area contributed by atoms with Crippen molar-refractivity contribution in [2.24, 2.45) is 5.92 Å². The zero-order valence-electron chi connectivity index (χ0n) is 11.4. The maximum atomic E-state index is 5.27. The van der Waals surface area contributed by atoms with Gasteiger partial charge in [0.25, 0.3) is 0 Å². The second-order valence-corrected chi connectivity index (χ2v) is 4.96. The Labute approximate surface area is 109 Å². The lowest BCUT2D eigenvalue weighted by atomic mass is 9.98. The minimum atomic E-state index is 0.679. The molecule has 0 amide bonds. The summed E-state index contributed by atoms with van der Waals surface area (Å²) in [6.45, 7) is 4.16. The van der Waals surface area contributed by atoms with E-state index in [0.717, 1.165) is 25.5 Å². The van der Waals surface area contributed by atoms with Crippen LogP contribution in [0.2, 0.25) is 0 Å². The minimum Gasteiger partial charge on any atom is -0.384 e. The van der Waals surface area contributed by atoms with Crippen LogP contribution in [0.3, 0.4) is 0 Å². The van der Waals surface area contributed by atoms with Crippen LogP contribution in [-0.2, 0) is 11.3 Å². The molecule has 1 aromatic heterocycles. The fourth-order valence-corrected chi connectivity index (χ4v) is 2.70. The highest BCUT2D eigenvalue weighted by Gasteiger charge is 2.20. The monoisotopic (exact) mass is 249 g/mol. The van der Waals surface area contributed by atoms with Gasteiger partial charge in [0.2, 0.25) is 0 Å². The zero-order chi connectivity index (χ0) is 12.8. The number of aromatic nitrogens is 1. The van der Waals surface area contributed by atoms with E-state index in [9.17, 15) is 0 Å². The normalized spacial score (nSPS) is 20.9. The lowest BCUT2D eigenvalue weighted by Crippen LogP contribution is -2.36. The third-order valence-corrected chi connectivity index (χ3v) is 3.53. The summed E-state index contributed by atoms with van der Waals surface area (Å²) in [6, 6.07) is 4.16. The summed E-state index contributed by atoms with van der Waals surface area (Å²) in [5, 5.41) is 3.16. The van der Waals surface area contributed by atoms with Crippen LogP contribution in [0.25, 0.3) is 0 Å². The van der Waals surface area contributed by atoms with Crippen LogP contribution in [0, 0.1) is 5.92 Å². The zero-order valence-corrected chi connectivity index (χ0v) is 11.4. The molecule has 18 heavy (non-hydrogen) atoms. The van der Waals surface area contributed by atoms with Crippen LogP contribution < -0.4 is 5.32 Å². The molecule has 1 aliphatic rings. The Kier molecular flexibility index (Phi) is 4.96. The Morgan fingerprint density at radius 2 is 2.44 bits per heavy atom. The molecular formula is C14H23N3O. The van der Waals surface area contributed by atoms with Crippen molar-refractivity contribution in [1.29, 1.82) is 0 Å². The first kappa shape index (κ1) is 13.3. The molecule has 0 aliphatic carbocycles. The highest BCUT2D eigenvalue weighted by atomic mass is 16.5. The molecule has 1 aromatic rings. The lowest BCUT2D eigenvalue weighted by Gasteiger charge is -2.32. The highest BCUT2D eigenvalue weighted by molar-refractivity contribution is 5.42. The summed E-state index contributed by atoms with van der Waals surface area (Å²) >= 11 is 0.